The Kier molecular flexibility index (Phi) is 5.14. The predicted octanol–water partition coefficient (Wildman–Crippen LogP) is 1.12. The summed E-state index contributed by atoms with van der Waals surface area (Å²) in [5.41, 5.74) is 0. The first kappa shape index (κ1) is 12.9. The highest BCUT2D eigenvalue weighted by molar-refractivity contribution is 5.79. The van der Waals surface area contributed by atoms with Gasteiger partial charge in [-0.3, -0.25) is 0 Å². The molecular weight excluding hydrogens is 206 g/mol. The summed E-state index contributed by atoms with van der Waals surface area (Å²) in [6.45, 7) is -1.39. The van der Waals surface area contributed by atoms with Crippen LogP contribution >= 0.6 is 0 Å². The summed E-state index contributed by atoms with van der Waals surface area (Å²) in [4.78, 5) is 9.88. The number of alkyl halides is 4. The second kappa shape index (κ2) is 5.58. The van der Waals surface area contributed by atoms with E-state index in [1.165, 1.54) is 0 Å². The fourth-order valence-electron chi connectivity index (χ4n) is 0.559. The zero-order valence-corrected chi connectivity index (χ0v) is 7.01. The van der Waals surface area contributed by atoms with E-state index in [9.17, 15) is 22.4 Å². The molecule has 0 aromatic heterocycles. The molecule has 0 spiro atoms. The van der Waals surface area contributed by atoms with Crippen molar-refractivity contribution in [3.63, 3.8) is 0 Å². The molecule has 0 aromatic carbocycles. The molecule has 0 atom stereocenters. The number of nitrogens with one attached hydrogen (secondary N) is 1. The van der Waals surface area contributed by atoms with Gasteiger partial charge < -0.3 is 10.4 Å². The van der Waals surface area contributed by atoms with Gasteiger partial charge in [0.1, 0.15) is 0 Å². The Morgan fingerprint density at radius 2 is 2.07 bits per heavy atom. The Morgan fingerprint density at radius 3 is 2.50 bits per heavy atom. The Bertz CT molecular complexity index is 218. The van der Waals surface area contributed by atoms with Gasteiger partial charge in [-0.2, -0.15) is 8.78 Å². The van der Waals surface area contributed by atoms with E-state index in [0.29, 0.717) is 0 Å². The molecule has 2 N–H and O–H groups in total. The lowest BCUT2D eigenvalue weighted by Gasteiger charge is -2.14. The summed E-state index contributed by atoms with van der Waals surface area (Å²) in [5.74, 6) is -5.32. The molecule has 0 bridgehead atoms. The van der Waals surface area contributed by atoms with Gasteiger partial charge in [0, 0.05) is 12.6 Å². The monoisotopic (exact) mass is 215 g/mol. The molecule has 0 rings (SSSR count). The minimum Gasteiger partial charge on any atom is -0.478 e. The van der Waals surface area contributed by atoms with Crippen LogP contribution in [0.1, 0.15) is 0 Å². The average Bonchev–Trinajstić information content (AvgIpc) is 2.02. The molecule has 0 unspecified atom stereocenters. The molecule has 3 nitrogen and oxygen atoms in total. The highest BCUT2D eigenvalue weighted by Crippen LogP contribution is 2.21. The van der Waals surface area contributed by atoms with Crippen molar-refractivity contribution in [1.29, 1.82) is 0 Å². The second-order valence-corrected chi connectivity index (χ2v) is 2.43. The molecule has 0 saturated heterocycles. The van der Waals surface area contributed by atoms with Gasteiger partial charge in [0.25, 0.3) is 0 Å². The molecule has 0 aliphatic rings. The molecule has 14 heavy (non-hydrogen) atoms. The van der Waals surface area contributed by atoms with Gasteiger partial charge in [0.05, 0.1) is 6.54 Å². The first-order valence-electron chi connectivity index (χ1n) is 3.62. The Morgan fingerprint density at radius 1 is 1.50 bits per heavy atom. The van der Waals surface area contributed by atoms with Gasteiger partial charge in [-0.15, -0.1) is 0 Å². The molecule has 82 valence electrons. The molecule has 0 fully saturated rings. The van der Waals surface area contributed by atoms with Crippen LogP contribution in [0.2, 0.25) is 0 Å². The van der Waals surface area contributed by atoms with E-state index in [-0.39, 0.29) is 6.54 Å². The highest BCUT2D eigenvalue weighted by Gasteiger charge is 2.39. The SMILES string of the molecule is O=C(O)/C=C/CNCC(F)(F)C(F)F. The summed E-state index contributed by atoms with van der Waals surface area (Å²) in [6, 6.07) is 0. The zero-order valence-electron chi connectivity index (χ0n) is 7.01. The number of carboxylic acid groups (broad SMARTS) is 1. The summed E-state index contributed by atoms with van der Waals surface area (Å²) in [6.07, 6.45) is -1.95. The van der Waals surface area contributed by atoms with Crippen molar-refractivity contribution in [3.8, 4) is 0 Å². The van der Waals surface area contributed by atoms with Crippen LogP contribution in [0.15, 0.2) is 12.2 Å². The summed E-state index contributed by atoms with van der Waals surface area (Å²) >= 11 is 0. The van der Waals surface area contributed by atoms with Gasteiger partial charge in [-0.05, 0) is 0 Å². The largest absolute Gasteiger partial charge is 0.478 e. The van der Waals surface area contributed by atoms with Crippen LogP contribution in [-0.2, 0) is 4.79 Å². The number of aliphatic carboxylic acids is 1. The average molecular weight is 215 g/mol. The van der Waals surface area contributed by atoms with Gasteiger partial charge in [0.15, 0.2) is 0 Å². The quantitative estimate of drug-likeness (QED) is 0.396. The lowest BCUT2D eigenvalue weighted by Crippen LogP contribution is -2.38. The van der Waals surface area contributed by atoms with Crippen molar-refractivity contribution >= 4 is 5.97 Å². The van der Waals surface area contributed by atoms with E-state index in [0.717, 1.165) is 12.2 Å². The number of carboxylic acids is 1. The molecule has 0 aromatic rings. The Hall–Kier alpha value is -1.11. The highest BCUT2D eigenvalue weighted by atomic mass is 19.3. The Labute approximate surface area is 77.4 Å². The molecule has 0 aliphatic heterocycles. The van der Waals surface area contributed by atoms with Crippen LogP contribution < -0.4 is 5.32 Å². The number of hydrogen-bond acceptors (Lipinski definition) is 2. The van der Waals surface area contributed by atoms with Crippen LogP contribution in [0.5, 0.6) is 0 Å². The minimum absolute atomic E-state index is 0.200. The molecule has 0 heterocycles. The smallest absolute Gasteiger partial charge is 0.328 e. The van der Waals surface area contributed by atoms with Crippen molar-refractivity contribution in [2.45, 2.75) is 12.3 Å². The standard InChI is InChI=1S/C7H9F4NO2/c8-6(9)7(10,11)4-12-3-1-2-5(13)14/h1-2,6,12H,3-4H2,(H,13,14)/b2-1+. The maximum atomic E-state index is 12.2. The van der Waals surface area contributed by atoms with Crippen molar-refractivity contribution in [2.24, 2.45) is 0 Å². The number of halogens is 4. The molecule has 7 heteroatoms. The van der Waals surface area contributed by atoms with E-state index in [2.05, 4.69) is 0 Å². The Balaban J connectivity index is 3.69. The van der Waals surface area contributed by atoms with E-state index in [4.69, 9.17) is 5.11 Å². The van der Waals surface area contributed by atoms with Gasteiger partial charge >= 0.3 is 18.3 Å². The first-order valence-corrected chi connectivity index (χ1v) is 3.62. The van der Waals surface area contributed by atoms with Crippen LogP contribution in [-0.4, -0.2) is 36.5 Å². The van der Waals surface area contributed by atoms with Crippen LogP contribution in [0.4, 0.5) is 17.6 Å². The third-order valence-corrected chi connectivity index (χ3v) is 1.20. The van der Waals surface area contributed by atoms with E-state index in [1.807, 2.05) is 5.32 Å². The van der Waals surface area contributed by atoms with Crippen molar-refractivity contribution < 1.29 is 27.5 Å². The second-order valence-electron chi connectivity index (χ2n) is 2.43. The van der Waals surface area contributed by atoms with Crippen molar-refractivity contribution in [2.75, 3.05) is 13.1 Å². The molecule has 0 aliphatic carbocycles. The normalized spacial score (nSPS) is 12.6. The molecule has 0 saturated carbocycles. The lowest BCUT2D eigenvalue weighted by atomic mass is 10.3. The zero-order chi connectivity index (χ0) is 11.2. The fourth-order valence-corrected chi connectivity index (χ4v) is 0.559. The van der Waals surface area contributed by atoms with E-state index < -0.39 is 24.9 Å². The van der Waals surface area contributed by atoms with Gasteiger partial charge in [-0.25, -0.2) is 13.6 Å². The van der Waals surface area contributed by atoms with Crippen LogP contribution in [0, 0.1) is 0 Å². The van der Waals surface area contributed by atoms with Crippen molar-refractivity contribution in [3.05, 3.63) is 12.2 Å². The summed E-state index contributed by atoms with van der Waals surface area (Å²) in [5, 5.41) is 10.1. The van der Waals surface area contributed by atoms with Crippen LogP contribution in [0.3, 0.4) is 0 Å². The molecular formula is C7H9F4NO2. The van der Waals surface area contributed by atoms with Crippen molar-refractivity contribution in [1.82, 2.24) is 5.32 Å². The molecule has 0 amide bonds. The fraction of sp³-hybridized carbons (Fsp3) is 0.571. The van der Waals surface area contributed by atoms with E-state index in [1.54, 1.807) is 0 Å². The maximum absolute atomic E-state index is 12.2. The number of rotatable bonds is 6. The molecule has 0 radical (unpaired) electrons. The lowest BCUT2D eigenvalue weighted by molar-refractivity contribution is -0.131. The third-order valence-electron chi connectivity index (χ3n) is 1.20. The maximum Gasteiger partial charge on any atom is 0.328 e. The van der Waals surface area contributed by atoms with Gasteiger partial charge in [0.2, 0.25) is 0 Å². The summed E-state index contributed by atoms with van der Waals surface area (Å²) in [7, 11) is 0. The van der Waals surface area contributed by atoms with Gasteiger partial charge in [-0.1, -0.05) is 6.08 Å². The first-order chi connectivity index (χ1) is 6.36. The number of hydrogen-bond donors (Lipinski definition) is 2. The topological polar surface area (TPSA) is 49.3 Å². The third kappa shape index (κ3) is 5.52. The van der Waals surface area contributed by atoms with Crippen LogP contribution in [0.25, 0.3) is 0 Å². The number of carbonyl (C=O) groups is 1. The predicted molar refractivity (Wildman–Crippen MR) is 40.6 cm³/mol. The minimum atomic E-state index is -4.09. The summed E-state index contributed by atoms with van der Waals surface area (Å²) < 4.78 is 47.5. The van der Waals surface area contributed by atoms with E-state index >= 15 is 0 Å².